The SMILES string of the molecule is Cc1cc(NC(=O)N2CCO[C@H](c3ccccc3)C2)ccc1N1CCCC1=O. The Labute approximate surface area is 165 Å². The molecule has 3 amide bonds. The number of aryl methyl sites for hydroxylation is 1. The first-order valence-corrected chi connectivity index (χ1v) is 9.75. The Kier molecular flexibility index (Phi) is 5.30. The van der Waals surface area contributed by atoms with Gasteiger partial charge in [0.05, 0.1) is 13.2 Å². The van der Waals surface area contributed by atoms with E-state index in [4.69, 9.17) is 4.74 Å². The van der Waals surface area contributed by atoms with Crippen LogP contribution in [0.15, 0.2) is 48.5 Å². The van der Waals surface area contributed by atoms with Gasteiger partial charge in [-0.1, -0.05) is 30.3 Å². The molecule has 6 heteroatoms. The number of nitrogens with one attached hydrogen (secondary N) is 1. The van der Waals surface area contributed by atoms with Gasteiger partial charge in [-0.3, -0.25) is 4.79 Å². The lowest BCUT2D eigenvalue weighted by atomic mass is 10.1. The summed E-state index contributed by atoms with van der Waals surface area (Å²) in [7, 11) is 0. The van der Waals surface area contributed by atoms with Crippen molar-refractivity contribution in [1.82, 2.24) is 4.90 Å². The molecule has 0 aromatic heterocycles. The smallest absolute Gasteiger partial charge is 0.322 e. The van der Waals surface area contributed by atoms with Crippen LogP contribution < -0.4 is 10.2 Å². The largest absolute Gasteiger partial charge is 0.370 e. The van der Waals surface area contributed by atoms with E-state index < -0.39 is 0 Å². The molecule has 0 saturated carbocycles. The Bertz CT molecular complexity index is 869. The fraction of sp³-hybridized carbons (Fsp3) is 0.364. The van der Waals surface area contributed by atoms with Gasteiger partial charge in [0, 0.05) is 30.9 Å². The third kappa shape index (κ3) is 3.87. The molecule has 2 aliphatic rings. The molecule has 2 aliphatic heterocycles. The van der Waals surface area contributed by atoms with E-state index in [-0.39, 0.29) is 18.0 Å². The molecule has 1 N–H and O–H groups in total. The average molecular weight is 379 g/mol. The summed E-state index contributed by atoms with van der Waals surface area (Å²) in [6.07, 6.45) is 1.40. The van der Waals surface area contributed by atoms with Gasteiger partial charge in [0.15, 0.2) is 0 Å². The molecule has 0 unspecified atom stereocenters. The van der Waals surface area contributed by atoms with Gasteiger partial charge in [-0.2, -0.15) is 0 Å². The maximum absolute atomic E-state index is 12.7. The van der Waals surface area contributed by atoms with Crippen LogP contribution in [0.2, 0.25) is 0 Å². The van der Waals surface area contributed by atoms with Crippen LogP contribution in [-0.4, -0.2) is 43.1 Å². The van der Waals surface area contributed by atoms with Gasteiger partial charge in [0.25, 0.3) is 0 Å². The summed E-state index contributed by atoms with van der Waals surface area (Å²) in [5.41, 5.74) is 3.73. The van der Waals surface area contributed by atoms with Crippen LogP contribution in [0.25, 0.3) is 0 Å². The molecule has 0 bridgehead atoms. The van der Waals surface area contributed by atoms with Crippen molar-refractivity contribution in [2.75, 3.05) is 36.5 Å². The Morgan fingerprint density at radius 2 is 1.96 bits per heavy atom. The van der Waals surface area contributed by atoms with E-state index in [9.17, 15) is 9.59 Å². The zero-order valence-corrected chi connectivity index (χ0v) is 16.1. The highest BCUT2D eigenvalue weighted by Crippen LogP contribution is 2.28. The number of ether oxygens (including phenoxy) is 1. The minimum Gasteiger partial charge on any atom is -0.370 e. The van der Waals surface area contributed by atoms with Crippen molar-refractivity contribution in [2.45, 2.75) is 25.9 Å². The van der Waals surface area contributed by atoms with Crippen LogP contribution in [0.5, 0.6) is 0 Å². The topological polar surface area (TPSA) is 61.9 Å². The van der Waals surface area contributed by atoms with Gasteiger partial charge in [-0.25, -0.2) is 4.79 Å². The molecule has 2 aromatic carbocycles. The predicted octanol–water partition coefficient (Wildman–Crippen LogP) is 3.73. The zero-order chi connectivity index (χ0) is 19.5. The number of carbonyl (C=O) groups is 2. The van der Waals surface area contributed by atoms with Crippen LogP contribution in [0, 0.1) is 6.92 Å². The van der Waals surface area contributed by atoms with Crippen molar-refractivity contribution >= 4 is 23.3 Å². The minimum absolute atomic E-state index is 0.106. The Hall–Kier alpha value is -2.86. The summed E-state index contributed by atoms with van der Waals surface area (Å²) in [5, 5.41) is 2.98. The first kappa shape index (κ1) is 18.5. The van der Waals surface area contributed by atoms with Crippen LogP contribution >= 0.6 is 0 Å². The lowest BCUT2D eigenvalue weighted by Gasteiger charge is -2.33. The summed E-state index contributed by atoms with van der Waals surface area (Å²) < 4.78 is 5.84. The molecule has 0 aliphatic carbocycles. The first-order chi connectivity index (χ1) is 13.6. The van der Waals surface area contributed by atoms with Crippen molar-refractivity contribution in [3.8, 4) is 0 Å². The van der Waals surface area contributed by atoms with Crippen LogP contribution in [0.4, 0.5) is 16.2 Å². The minimum atomic E-state index is -0.131. The number of urea groups is 1. The van der Waals surface area contributed by atoms with Crippen molar-refractivity contribution in [2.24, 2.45) is 0 Å². The van der Waals surface area contributed by atoms with Gasteiger partial charge >= 0.3 is 6.03 Å². The molecule has 1 atom stereocenters. The number of hydrogen-bond acceptors (Lipinski definition) is 3. The van der Waals surface area contributed by atoms with Crippen molar-refractivity contribution in [1.29, 1.82) is 0 Å². The zero-order valence-electron chi connectivity index (χ0n) is 16.1. The molecular formula is C22H25N3O3. The van der Waals surface area contributed by atoms with E-state index in [0.717, 1.165) is 35.5 Å². The fourth-order valence-corrected chi connectivity index (χ4v) is 3.84. The molecule has 28 heavy (non-hydrogen) atoms. The molecule has 0 spiro atoms. The van der Waals surface area contributed by atoms with Crippen LogP contribution in [0.1, 0.15) is 30.1 Å². The summed E-state index contributed by atoms with van der Waals surface area (Å²) in [6, 6.07) is 15.5. The standard InChI is InChI=1S/C22H25N3O3/c1-16-14-18(9-10-19(16)25-11-5-8-21(25)26)23-22(27)24-12-13-28-20(15-24)17-6-3-2-4-7-17/h2-4,6-7,9-10,14,20H,5,8,11-13,15H2,1H3,(H,23,27)/t20-/m0/s1. The van der Waals surface area contributed by atoms with Crippen molar-refractivity contribution < 1.29 is 14.3 Å². The van der Waals surface area contributed by atoms with Gasteiger partial charge < -0.3 is 19.9 Å². The average Bonchev–Trinajstić information content (AvgIpc) is 3.14. The molecule has 4 rings (SSSR count). The summed E-state index contributed by atoms with van der Waals surface area (Å²) in [6.45, 7) is 4.34. The summed E-state index contributed by atoms with van der Waals surface area (Å²) in [5.74, 6) is 0.167. The number of rotatable bonds is 3. The van der Waals surface area contributed by atoms with E-state index in [1.807, 2.05) is 60.4 Å². The van der Waals surface area contributed by atoms with Gasteiger partial charge in [0.2, 0.25) is 5.91 Å². The third-order valence-corrected chi connectivity index (χ3v) is 5.34. The Morgan fingerprint density at radius 1 is 1.14 bits per heavy atom. The fourth-order valence-electron chi connectivity index (χ4n) is 3.84. The van der Waals surface area contributed by atoms with Gasteiger partial charge in [-0.15, -0.1) is 0 Å². The Morgan fingerprint density at radius 3 is 2.68 bits per heavy atom. The number of nitrogens with zero attached hydrogens (tertiary/aromatic N) is 2. The molecule has 6 nitrogen and oxygen atoms in total. The van der Waals surface area contributed by atoms with Crippen molar-refractivity contribution in [3.05, 3.63) is 59.7 Å². The maximum atomic E-state index is 12.7. The van der Waals surface area contributed by atoms with E-state index >= 15 is 0 Å². The second kappa shape index (κ2) is 8.02. The summed E-state index contributed by atoms with van der Waals surface area (Å²) in [4.78, 5) is 28.3. The number of benzene rings is 2. The second-order valence-corrected chi connectivity index (χ2v) is 7.30. The molecule has 2 fully saturated rings. The van der Waals surface area contributed by atoms with Crippen molar-refractivity contribution in [3.63, 3.8) is 0 Å². The predicted molar refractivity (Wildman–Crippen MR) is 108 cm³/mol. The highest BCUT2D eigenvalue weighted by Gasteiger charge is 2.26. The van der Waals surface area contributed by atoms with E-state index in [2.05, 4.69) is 5.32 Å². The normalized spacial score (nSPS) is 19.8. The van der Waals surface area contributed by atoms with Gasteiger partial charge in [-0.05, 0) is 42.7 Å². The number of morpholine rings is 1. The highest BCUT2D eigenvalue weighted by atomic mass is 16.5. The number of anilines is 2. The number of hydrogen-bond donors (Lipinski definition) is 1. The van der Waals surface area contributed by atoms with E-state index in [1.54, 1.807) is 4.90 Å². The molecule has 2 heterocycles. The maximum Gasteiger partial charge on any atom is 0.322 e. The van der Waals surface area contributed by atoms with Gasteiger partial charge in [0.1, 0.15) is 6.10 Å². The first-order valence-electron chi connectivity index (χ1n) is 9.75. The number of amides is 3. The second-order valence-electron chi connectivity index (χ2n) is 7.30. The quantitative estimate of drug-likeness (QED) is 0.884. The van der Waals surface area contributed by atoms with E-state index in [1.165, 1.54) is 0 Å². The molecular weight excluding hydrogens is 354 g/mol. The highest BCUT2D eigenvalue weighted by molar-refractivity contribution is 5.97. The lowest BCUT2D eigenvalue weighted by molar-refractivity contribution is -0.117. The van der Waals surface area contributed by atoms with Crippen LogP contribution in [-0.2, 0) is 9.53 Å². The molecule has 2 saturated heterocycles. The lowest BCUT2D eigenvalue weighted by Crippen LogP contribution is -2.44. The number of carbonyl (C=O) groups excluding carboxylic acids is 2. The van der Waals surface area contributed by atoms with Crippen LogP contribution in [0.3, 0.4) is 0 Å². The monoisotopic (exact) mass is 379 g/mol. The molecule has 0 radical (unpaired) electrons. The third-order valence-electron chi connectivity index (χ3n) is 5.34. The molecule has 2 aromatic rings. The van der Waals surface area contributed by atoms with E-state index in [0.29, 0.717) is 26.1 Å². The molecule has 146 valence electrons. The summed E-state index contributed by atoms with van der Waals surface area (Å²) >= 11 is 0. The Balaban J connectivity index is 1.42.